The Hall–Kier alpha value is -5.56. The number of aliphatic hydroxyl groups is 1. The number of urea groups is 1. The lowest BCUT2D eigenvalue weighted by Crippen LogP contribution is -2.49. The number of nitrogens with zero attached hydrogens (tertiary/aromatic N) is 5. The van der Waals surface area contributed by atoms with Crippen LogP contribution < -0.4 is 30.7 Å². The Morgan fingerprint density at radius 3 is 2.32 bits per heavy atom. The maximum Gasteiger partial charge on any atom is 0.329 e. The number of benzene rings is 4. The van der Waals surface area contributed by atoms with Crippen LogP contribution in [0.4, 0.5) is 19.4 Å². The van der Waals surface area contributed by atoms with E-state index in [1.807, 2.05) is 43.3 Å². The largest absolute Gasteiger partial charge is 0.488 e. The molecule has 0 radical (unpaired) electrons. The first kappa shape index (κ1) is 52.9. The van der Waals surface area contributed by atoms with Gasteiger partial charge in [0.2, 0.25) is 17.7 Å². The normalized spacial score (nSPS) is 22.9. The molecule has 4 aromatic carbocycles. The number of piperidine rings is 2. The zero-order chi connectivity index (χ0) is 52.9. The maximum atomic E-state index is 16.5. The number of aromatic nitrogens is 2. The van der Waals surface area contributed by atoms with E-state index in [2.05, 4.69) is 25.5 Å². The highest BCUT2D eigenvalue weighted by atomic mass is 35.5. The fourth-order valence-corrected chi connectivity index (χ4v) is 13.5. The predicted molar refractivity (Wildman–Crippen MR) is 283 cm³/mol. The predicted octanol–water partition coefficient (Wildman–Crippen LogP) is 9.05. The molecule has 75 heavy (non-hydrogen) atoms. The highest BCUT2D eigenvalue weighted by molar-refractivity contribution is 6.40. The monoisotopic (exact) mass is 1090 g/mol. The zero-order valence-electron chi connectivity index (χ0n) is 41.9. The number of primary amides is 1. The van der Waals surface area contributed by atoms with Crippen LogP contribution in [0.2, 0.25) is 15.1 Å². The first-order chi connectivity index (χ1) is 36.1. The molecule has 3 saturated heterocycles. The number of hydrogen-bond donors (Lipinski definition) is 4. The highest BCUT2D eigenvalue weighted by Crippen LogP contribution is 2.57. The topological polar surface area (TPSA) is 185 Å². The summed E-state index contributed by atoms with van der Waals surface area (Å²) in [5, 5.41) is 21.4. The number of hydrogen-bond acceptors (Lipinski definition) is 10. The van der Waals surface area contributed by atoms with Gasteiger partial charge in [0.1, 0.15) is 18.2 Å². The number of fused-ring (bicyclic) bond motifs is 2. The number of aryl methyl sites for hydroxylation is 1. The average molecular weight is 1090 g/mol. The van der Waals surface area contributed by atoms with Gasteiger partial charge in [-0.15, -0.1) is 0 Å². The zero-order valence-corrected chi connectivity index (χ0v) is 44.2. The molecular weight excluding hydrogens is 1030 g/mol. The van der Waals surface area contributed by atoms with E-state index in [4.69, 9.17) is 50.0 Å². The molecule has 398 valence electrons. The van der Waals surface area contributed by atoms with Gasteiger partial charge in [0.15, 0.2) is 23.0 Å². The van der Waals surface area contributed by atoms with Gasteiger partial charge in [-0.1, -0.05) is 72.1 Å². The molecule has 0 unspecified atom stereocenters. The van der Waals surface area contributed by atoms with Crippen molar-refractivity contribution in [3.8, 4) is 22.6 Å². The van der Waals surface area contributed by atoms with Gasteiger partial charge in [-0.3, -0.25) is 29.3 Å². The van der Waals surface area contributed by atoms with Crippen LogP contribution in [0.25, 0.3) is 22.0 Å². The fourth-order valence-electron chi connectivity index (χ4n) is 12.4. The smallest absolute Gasteiger partial charge is 0.329 e. The highest BCUT2D eigenvalue weighted by Gasteiger charge is 2.50. The molecule has 5 N–H and O–H groups in total. The number of amides is 5. The van der Waals surface area contributed by atoms with Crippen molar-refractivity contribution >= 4 is 75.3 Å². The molecule has 4 aliphatic heterocycles. The van der Waals surface area contributed by atoms with Crippen molar-refractivity contribution in [2.75, 3.05) is 63.9 Å². The van der Waals surface area contributed by atoms with Gasteiger partial charge in [-0.05, 0) is 106 Å². The Balaban J connectivity index is 0.739. The van der Waals surface area contributed by atoms with E-state index in [1.165, 1.54) is 23.1 Å². The summed E-state index contributed by atoms with van der Waals surface area (Å²) in [5.41, 5.74) is 6.88. The van der Waals surface area contributed by atoms with E-state index >= 15 is 8.78 Å². The quantitative estimate of drug-likeness (QED) is 0.0837. The minimum atomic E-state index is -1.11. The van der Waals surface area contributed by atoms with Gasteiger partial charge in [-0.25, -0.2) is 13.6 Å². The molecular formula is C55H61Cl3F2N8O7. The first-order valence-electron chi connectivity index (χ1n) is 25.9. The number of halogens is 5. The summed E-state index contributed by atoms with van der Waals surface area (Å²) < 4.78 is 46.3. The minimum Gasteiger partial charge on any atom is -0.488 e. The molecule has 0 bridgehead atoms. The second kappa shape index (κ2) is 21.8. The lowest BCUT2D eigenvalue weighted by molar-refractivity contribution is -0.138. The Labute approximate surface area is 448 Å². The number of ether oxygens (including phenoxy) is 2. The lowest BCUT2D eigenvalue weighted by atomic mass is 9.77. The van der Waals surface area contributed by atoms with Crippen molar-refractivity contribution in [1.29, 1.82) is 0 Å². The van der Waals surface area contributed by atoms with Crippen LogP contribution in [-0.4, -0.2) is 114 Å². The molecule has 2 atom stereocenters. The van der Waals surface area contributed by atoms with Crippen LogP contribution in [0.15, 0.2) is 54.6 Å². The number of likely N-dealkylation sites (tertiary alicyclic amines) is 2. The van der Waals surface area contributed by atoms with E-state index in [0.29, 0.717) is 44.8 Å². The molecule has 5 aliphatic rings. The van der Waals surface area contributed by atoms with E-state index < -0.39 is 40.1 Å². The number of rotatable bonds is 14. The van der Waals surface area contributed by atoms with Crippen molar-refractivity contribution < 1.29 is 42.5 Å². The summed E-state index contributed by atoms with van der Waals surface area (Å²) in [6, 6.07) is 14.7. The number of aliphatic hydroxyl groups excluding tert-OH is 1. The molecule has 5 aromatic rings. The average Bonchev–Trinajstić information content (AvgIpc) is 3.88. The van der Waals surface area contributed by atoms with Crippen LogP contribution in [-0.2, 0) is 22.2 Å². The molecule has 5 heterocycles. The van der Waals surface area contributed by atoms with Crippen molar-refractivity contribution in [2.45, 2.75) is 88.2 Å². The molecule has 20 heteroatoms. The van der Waals surface area contributed by atoms with Crippen LogP contribution in [0.3, 0.4) is 0 Å². The summed E-state index contributed by atoms with van der Waals surface area (Å²) >= 11 is 20.8. The fraction of sp³-hybridized carbons (Fsp3) is 0.473. The number of nitrogens with one attached hydrogen (secondary N) is 2. The molecule has 15 nitrogen and oxygen atoms in total. The second-order valence-corrected chi connectivity index (χ2v) is 21.9. The van der Waals surface area contributed by atoms with Gasteiger partial charge < -0.3 is 35.4 Å². The summed E-state index contributed by atoms with van der Waals surface area (Å²) in [7, 11) is 1.79. The SMILES string of the molecule is C[C@H]1c2c(cc(F)c(Cl)c2-c2c(C(N)=O)ccc(OCCO)c2F)O[C@]1(CNC1CCC(C(=O)N2CCC(CN3CCC(c4c(Cl)cc5c(N6CCC(=O)NC6=O)nn(C)c5c4Cl)CC3)CC2)CC1)c1ccccc1. The number of carbonyl (C=O) groups excluding carboxylic acids is 4. The van der Waals surface area contributed by atoms with E-state index in [0.717, 1.165) is 95.2 Å². The summed E-state index contributed by atoms with van der Waals surface area (Å²) in [5.74, 6) is -2.56. The molecule has 1 aliphatic carbocycles. The molecule has 1 aromatic heterocycles. The summed E-state index contributed by atoms with van der Waals surface area (Å²) in [6.45, 7) is 6.06. The third-order valence-electron chi connectivity index (χ3n) is 16.4. The number of anilines is 1. The molecule has 5 amide bonds. The molecule has 1 saturated carbocycles. The van der Waals surface area contributed by atoms with Crippen molar-refractivity contribution in [2.24, 2.45) is 24.6 Å². The summed E-state index contributed by atoms with van der Waals surface area (Å²) in [4.78, 5) is 57.3. The second-order valence-electron chi connectivity index (χ2n) is 20.7. The first-order valence-corrected chi connectivity index (χ1v) is 27.0. The number of imide groups is 1. The van der Waals surface area contributed by atoms with Crippen molar-refractivity contribution in [3.63, 3.8) is 0 Å². The van der Waals surface area contributed by atoms with E-state index in [-0.39, 0.29) is 84.1 Å². The molecule has 0 spiro atoms. The van der Waals surface area contributed by atoms with Gasteiger partial charge in [0.25, 0.3) is 0 Å². The Morgan fingerprint density at radius 2 is 1.64 bits per heavy atom. The minimum absolute atomic E-state index is 0.0568. The standard InChI is InChI=1S/C55H61Cl3F2N8O7/c1-30-43-41(27-39(59)47(57)46(43)45-36(51(61)71)12-13-40(49(45)60)74-25-24-69)75-55(30,34-6-4-3-5-7-34)29-62-35-10-8-33(9-11-35)53(72)67-21-14-31(15-22-67)28-66-19-16-32(17-20-66)44-38(56)26-37-50(48(44)58)65(2)64-52(37)68-23-18-42(70)63-54(68)73/h3-7,12-13,26-27,30-33,35,62,69H,8-11,14-25,28-29H2,1-2H3,(H2,61,71)(H,63,70,73)/t30-,33?,35?,55-/m0/s1. The van der Waals surface area contributed by atoms with Crippen LogP contribution in [0.5, 0.6) is 11.5 Å². The third kappa shape index (κ3) is 10.0. The number of nitrogens with two attached hydrogens (primary N) is 1. The van der Waals surface area contributed by atoms with Gasteiger partial charge >= 0.3 is 6.03 Å². The molecule has 10 rings (SSSR count). The third-order valence-corrected chi connectivity index (χ3v) is 17.5. The number of carbonyl (C=O) groups is 4. The summed E-state index contributed by atoms with van der Waals surface area (Å²) in [6.07, 6.45) is 6.85. The van der Waals surface area contributed by atoms with Gasteiger partial charge in [-0.2, -0.15) is 5.10 Å². The van der Waals surface area contributed by atoms with Gasteiger partial charge in [0, 0.05) is 97.2 Å². The van der Waals surface area contributed by atoms with Crippen molar-refractivity contribution in [3.05, 3.63) is 104 Å². The molecule has 4 fully saturated rings. The van der Waals surface area contributed by atoms with Crippen molar-refractivity contribution in [1.82, 2.24) is 30.2 Å². The maximum absolute atomic E-state index is 16.5. The van der Waals surface area contributed by atoms with Crippen LogP contribution in [0.1, 0.15) is 104 Å². The van der Waals surface area contributed by atoms with E-state index in [9.17, 15) is 24.3 Å². The van der Waals surface area contributed by atoms with Crippen LogP contribution >= 0.6 is 34.8 Å². The van der Waals surface area contributed by atoms with E-state index in [1.54, 1.807) is 11.7 Å². The Bertz CT molecular complexity index is 3030. The lowest BCUT2D eigenvalue weighted by Gasteiger charge is -2.40. The van der Waals surface area contributed by atoms with Crippen LogP contribution in [0, 0.1) is 23.5 Å². The Morgan fingerprint density at radius 1 is 0.920 bits per heavy atom. The Kier molecular flexibility index (Phi) is 15.4. The van der Waals surface area contributed by atoms with Gasteiger partial charge in [0.05, 0.1) is 27.7 Å².